The minimum absolute atomic E-state index is 0.0420. The number of carbonyl (C=O) groups excluding carboxylic acids is 1. The monoisotopic (exact) mass is 332 g/mol. The number of aliphatic hydroxyl groups is 1. The first-order valence-electron chi connectivity index (χ1n) is 9.17. The minimum atomic E-state index is -0.166. The molecule has 1 fully saturated rings. The first-order chi connectivity index (χ1) is 11.7. The molecule has 1 aromatic rings. The smallest absolute Gasteiger partial charge is 0.315 e. The number of carbonyl (C=O) groups is 1. The third-order valence-corrected chi connectivity index (χ3v) is 5.53. The van der Waals surface area contributed by atoms with Gasteiger partial charge in [-0.25, -0.2) is 4.79 Å². The molecule has 5 heteroatoms. The van der Waals surface area contributed by atoms with Gasteiger partial charge >= 0.3 is 6.03 Å². The summed E-state index contributed by atoms with van der Waals surface area (Å²) in [6, 6.07) is 5.32. The lowest BCUT2D eigenvalue weighted by atomic mass is 9.83. The van der Waals surface area contributed by atoms with Crippen LogP contribution >= 0.6 is 0 Å². The quantitative estimate of drug-likeness (QED) is 0.669. The Morgan fingerprint density at radius 2 is 2.00 bits per heavy atom. The van der Waals surface area contributed by atoms with E-state index >= 15 is 0 Å². The van der Waals surface area contributed by atoms with Gasteiger partial charge in [-0.1, -0.05) is 31.4 Å². The van der Waals surface area contributed by atoms with Crippen molar-refractivity contribution in [3.05, 3.63) is 29.3 Å². The molecule has 0 aliphatic heterocycles. The molecule has 4 N–H and O–H groups in total. The Kier molecular flexibility index (Phi) is 5.61. The maximum atomic E-state index is 12.5. The molecule has 0 saturated heterocycles. The van der Waals surface area contributed by atoms with Crippen LogP contribution in [0, 0.1) is 5.92 Å². The van der Waals surface area contributed by atoms with E-state index in [2.05, 4.69) is 10.6 Å². The van der Waals surface area contributed by atoms with Crippen LogP contribution < -0.4 is 10.6 Å². The molecule has 2 aliphatic carbocycles. The topological polar surface area (TPSA) is 81.6 Å². The fourth-order valence-corrected chi connectivity index (χ4v) is 4.25. The maximum absolute atomic E-state index is 12.5. The number of aliphatic hydroxyl groups excluding tert-OH is 1. The van der Waals surface area contributed by atoms with E-state index in [0.29, 0.717) is 18.1 Å². The summed E-state index contributed by atoms with van der Waals surface area (Å²) in [6.07, 6.45) is 8.17. The summed E-state index contributed by atoms with van der Waals surface area (Å²) in [5.74, 6) is 0.786. The van der Waals surface area contributed by atoms with Gasteiger partial charge in [0.1, 0.15) is 5.75 Å². The lowest BCUT2D eigenvalue weighted by Gasteiger charge is -2.31. The Hall–Kier alpha value is -1.75. The molecule has 0 bridgehead atoms. The van der Waals surface area contributed by atoms with Crippen molar-refractivity contribution in [3.63, 3.8) is 0 Å². The van der Waals surface area contributed by atoms with Crippen LogP contribution in [0.5, 0.6) is 5.75 Å². The van der Waals surface area contributed by atoms with Crippen LogP contribution in [-0.4, -0.2) is 28.9 Å². The number of amides is 2. The van der Waals surface area contributed by atoms with Crippen LogP contribution in [0.1, 0.15) is 62.1 Å². The Morgan fingerprint density at radius 3 is 2.75 bits per heavy atom. The van der Waals surface area contributed by atoms with E-state index in [-0.39, 0.29) is 24.7 Å². The van der Waals surface area contributed by atoms with Gasteiger partial charge in [-0.05, 0) is 55.2 Å². The number of hydrogen-bond donors (Lipinski definition) is 4. The van der Waals surface area contributed by atoms with Gasteiger partial charge in [0.25, 0.3) is 0 Å². The number of hydrogen-bond acceptors (Lipinski definition) is 3. The second-order valence-corrected chi connectivity index (χ2v) is 7.07. The summed E-state index contributed by atoms with van der Waals surface area (Å²) in [7, 11) is 0. The highest BCUT2D eigenvalue weighted by Crippen LogP contribution is 2.36. The molecule has 5 nitrogen and oxygen atoms in total. The van der Waals surface area contributed by atoms with Gasteiger partial charge in [0, 0.05) is 12.6 Å². The third kappa shape index (κ3) is 3.83. The highest BCUT2D eigenvalue weighted by molar-refractivity contribution is 5.75. The van der Waals surface area contributed by atoms with Crippen LogP contribution in [0.3, 0.4) is 0 Å². The fourth-order valence-electron chi connectivity index (χ4n) is 4.25. The second kappa shape index (κ2) is 7.88. The van der Waals surface area contributed by atoms with E-state index in [0.717, 1.165) is 36.8 Å². The van der Waals surface area contributed by atoms with Gasteiger partial charge in [-0.2, -0.15) is 0 Å². The number of phenols is 1. The van der Waals surface area contributed by atoms with E-state index in [1.807, 2.05) is 12.1 Å². The largest absolute Gasteiger partial charge is 0.508 e. The average Bonchev–Trinajstić information content (AvgIpc) is 3.00. The van der Waals surface area contributed by atoms with Crippen molar-refractivity contribution < 1.29 is 15.0 Å². The zero-order valence-corrected chi connectivity index (χ0v) is 14.1. The number of urea groups is 1. The minimum Gasteiger partial charge on any atom is -0.508 e. The number of fused-ring (bicyclic) bond motifs is 1. The first kappa shape index (κ1) is 17.1. The Morgan fingerprint density at radius 1 is 1.21 bits per heavy atom. The molecule has 0 spiro atoms. The molecule has 0 aromatic heterocycles. The third-order valence-electron chi connectivity index (χ3n) is 5.53. The summed E-state index contributed by atoms with van der Waals surface area (Å²) in [5.41, 5.74) is 1.96. The molecule has 2 atom stereocenters. The predicted molar refractivity (Wildman–Crippen MR) is 92.9 cm³/mol. The van der Waals surface area contributed by atoms with Gasteiger partial charge < -0.3 is 20.8 Å². The zero-order valence-electron chi connectivity index (χ0n) is 14.1. The van der Waals surface area contributed by atoms with Gasteiger partial charge in [0.2, 0.25) is 0 Å². The molecule has 2 aliphatic rings. The average molecular weight is 332 g/mol. The van der Waals surface area contributed by atoms with Gasteiger partial charge in [0.05, 0.1) is 6.04 Å². The van der Waals surface area contributed by atoms with Crippen LogP contribution in [-0.2, 0) is 6.42 Å². The summed E-state index contributed by atoms with van der Waals surface area (Å²) < 4.78 is 0. The molecule has 2 unspecified atom stereocenters. The molecule has 0 radical (unpaired) electrons. The Balaban J connectivity index is 1.59. The van der Waals surface area contributed by atoms with Gasteiger partial charge in [0.15, 0.2) is 0 Å². The molecule has 1 aromatic carbocycles. The molecule has 3 rings (SSSR count). The summed E-state index contributed by atoms with van der Waals surface area (Å²) in [6.45, 7) is 0.0988. The number of rotatable bonds is 5. The van der Waals surface area contributed by atoms with Crippen molar-refractivity contribution in [1.82, 2.24) is 10.6 Å². The van der Waals surface area contributed by atoms with Crippen molar-refractivity contribution >= 4 is 6.03 Å². The molecule has 24 heavy (non-hydrogen) atoms. The van der Waals surface area contributed by atoms with E-state index in [4.69, 9.17) is 0 Å². The zero-order chi connectivity index (χ0) is 16.9. The highest BCUT2D eigenvalue weighted by Gasteiger charge is 2.28. The van der Waals surface area contributed by atoms with Gasteiger partial charge in [-0.3, -0.25) is 0 Å². The van der Waals surface area contributed by atoms with Crippen molar-refractivity contribution in [3.8, 4) is 5.75 Å². The lowest BCUT2D eigenvalue weighted by Crippen LogP contribution is -2.47. The van der Waals surface area contributed by atoms with Crippen molar-refractivity contribution in [1.29, 1.82) is 0 Å². The molecule has 2 amide bonds. The lowest BCUT2D eigenvalue weighted by molar-refractivity contribution is 0.195. The fraction of sp³-hybridized carbons (Fsp3) is 0.632. The van der Waals surface area contributed by atoms with Crippen molar-refractivity contribution in [2.45, 2.75) is 63.5 Å². The van der Waals surface area contributed by atoms with Crippen LogP contribution in [0.25, 0.3) is 0 Å². The highest BCUT2D eigenvalue weighted by atomic mass is 16.3. The molecular formula is C19H28N2O3. The molecule has 0 heterocycles. The van der Waals surface area contributed by atoms with E-state index in [1.54, 1.807) is 6.07 Å². The number of benzene rings is 1. The molecule has 132 valence electrons. The van der Waals surface area contributed by atoms with E-state index in [9.17, 15) is 15.0 Å². The van der Waals surface area contributed by atoms with E-state index < -0.39 is 0 Å². The number of aromatic hydroxyl groups is 1. The van der Waals surface area contributed by atoms with E-state index in [1.165, 1.54) is 19.3 Å². The summed E-state index contributed by atoms with van der Waals surface area (Å²) in [4.78, 5) is 12.5. The second-order valence-electron chi connectivity index (χ2n) is 7.07. The Labute approximate surface area is 143 Å². The normalized spacial score (nSPS) is 22.0. The van der Waals surface area contributed by atoms with Crippen LogP contribution in [0.4, 0.5) is 4.79 Å². The number of nitrogens with one attached hydrogen (secondary N) is 2. The summed E-state index contributed by atoms with van der Waals surface area (Å²) in [5, 5.41) is 25.4. The first-order valence-corrected chi connectivity index (χ1v) is 9.17. The summed E-state index contributed by atoms with van der Waals surface area (Å²) >= 11 is 0. The standard InChI is InChI=1S/C19H28N2O3/c22-12-11-16(13-5-2-1-3-6-13)20-19(24)21-17-10-9-15-14(17)7-4-8-18(15)23/h4,7-8,13,16-17,22-23H,1-3,5-6,9-12H2,(H2,20,21,24). The Bertz CT molecular complexity index is 570. The van der Waals surface area contributed by atoms with Crippen molar-refractivity contribution in [2.24, 2.45) is 5.92 Å². The predicted octanol–water partition coefficient (Wildman–Crippen LogP) is 3.01. The SMILES string of the molecule is O=C(NC1CCc2c(O)cccc21)NC(CCO)C1CCCCC1. The molecule has 1 saturated carbocycles. The van der Waals surface area contributed by atoms with Crippen LogP contribution in [0.2, 0.25) is 0 Å². The number of phenolic OH excluding ortho intramolecular Hbond substituents is 1. The van der Waals surface area contributed by atoms with Crippen LogP contribution in [0.15, 0.2) is 18.2 Å². The maximum Gasteiger partial charge on any atom is 0.315 e. The molecular weight excluding hydrogens is 304 g/mol. The van der Waals surface area contributed by atoms with Gasteiger partial charge in [-0.15, -0.1) is 0 Å². The van der Waals surface area contributed by atoms with Crippen molar-refractivity contribution in [2.75, 3.05) is 6.61 Å².